The van der Waals surface area contributed by atoms with Gasteiger partial charge in [-0.3, -0.25) is 0 Å². The third-order valence-corrected chi connectivity index (χ3v) is 7.63. The van der Waals surface area contributed by atoms with Gasteiger partial charge in [0.1, 0.15) is 0 Å². The van der Waals surface area contributed by atoms with Crippen molar-refractivity contribution in [1.82, 2.24) is 0 Å². The summed E-state index contributed by atoms with van der Waals surface area (Å²) in [6.07, 6.45) is 0. The summed E-state index contributed by atoms with van der Waals surface area (Å²) in [5, 5.41) is 0. The molecular formula is C18H46O8Si2. The topological polar surface area (TPSA) is 73.8 Å². The molecule has 10 heteroatoms. The van der Waals surface area contributed by atoms with Gasteiger partial charge < -0.3 is 36.0 Å². The van der Waals surface area contributed by atoms with E-state index >= 15 is 0 Å². The summed E-state index contributed by atoms with van der Waals surface area (Å²) >= 11 is 0. The third-order valence-electron chi connectivity index (χ3n) is 2.95. The van der Waals surface area contributed by atoms with E-state index < -0.39 is 24.1 Å². The lowest BCUT2D eigenvalue weighted by Crippen LogP contribution is -2.47. The second kappa shape index (κ2) is 20.4. The highest BCUT2D eigenvalue weighted by atomic mass is 28.4. The van der Waals surface area contributed by atoms with Crippen LogP contribution in [0.25, 0.3) is 0 Å². The normalized spacial score (nSPS) is 11.8. The van der Waals surface area contributed by atoms with Crippen LogP contribution in [0, 0.1) is 0 Å². The average Bonchev–Trinajstić information content (AvgIpc) is 2.56. The van der Waals surface area contributed by atoms with Gasteiger partial charge in [0.15, 0.2) is 0 Å². The van der Waals surface area contributed by atoms with E-state index in [0.717, 1.165) is 0 Å². The molecule has 0 aliphatic heterocycles. The lowest BCUT2D eigenvalue weighted by molar-refractivity contribution is -0.261. The van der Waals surface area contributed by atoms with Gasteiger partial charge in [0.2, 0.25) is 0 Å². The highest BCUT2D eigenvalue weighted by Gasteiger charge is 2.38. The summed E-state index contributed by atoms with van der Waals surface area (Å²) in [6, 6.07) is 0. The Morgan fingerprint density at radius 3 is 1.04 bits per heavy atom. The van der Waals surface area contributed by atoms with Crippen LogP contribution in [0.5, 0.6) is 0 Å². The van der Waals surface area contributed by atoms with Crippen molar-refractivity contribution in [2.75, 3.05) is 46.2 Å². The van der Waals surface area contributed by atoms with Crippen molar-refractivity contribution >= 4 is 17.6 Å². The minimum absolute atomic E-state index is 0. The molecule has 0 atom stereocenters. The first-order chi connectivity index (χ1) is 12.8. The molecule has 0 aromatic carbocycles. The first-order valence-electron chi connectivity index (χ1n) is 9.90. The van der Waals surface area contributed by atoms with E-state index in [2.05, 4.69) is 0 Å². The standard InChI is InChI=1S/C10H24O5Si.C7H18O3Si.CH4/c1-6-11-10(12-7-2)15-16(5,13-8-3)14-9-4;1-5-8-11(4,9-6-2)10-7-3;/h10H,6-9H2,1-5H3;5-7H2,1-4H3;1H4. The molecule has 0 spiro atoms. The van der Waals surface area contributed by atoms with Gasteiger partial charge in [0, 0.05) is 59.3 Å². The second-order valence-electron chi connectivity index (χ2n) is 5.21. The minimum atomic E-state index is -2.64. The van der Waals surface area contributed by atoms with E-state index in [-0.39, 0.29) is 7.43 Å². The molecule has 0 aliphatic rings. The van der Waals surface area contributed by atoms with Gasteiger partial charge in [-0.2, -0.15) is 0 Å². The molecule has 0 saturated carbocycles. The van der Waals surface area contributed by atoms with Gasteiger partial charge in [-0.15, -0.1) is 0 Å². The Hall–Kier alpha value is 0.114. The maximum atomic E-state index is 5.65. The van der Waals surface area contributed by atoms with Gasteiger partial charge in [0.25, 0.3) is 6.48 Å². The van der Waals surface area contributed by atoms with Gasteiger partial charge >= 0.3 is 17.6 Å². The SMILES string of the molecule is C.CCOC(OCC)O[Si](C)(OCC)OCC.CCO[Si](C)(OCC)OCC. The first-order valence-corrected chi connectivity index (χ1v) is 14.4. The van der Waals surface area contributed by atoms with E-state index in [4.69, 9.17) is 36.0 Å². The van der Waals surface area contributed by atoms with Crippen LogP contribution in [0.3, 0.4) is 0 Å². The fourth-order valence-electron chi connectivity index (χ4n) is 2.11. The molecule has 0 unspecified atom stereocenters. The zero-order valence-corrected chi connectivity index (χ0v) is 20.8. The third kappa shape index (κ3) is 17.0. The molecule has 0 aliphatic carbocycles. The summed E-state index contributed by atoms with van der Waals surface area (Å²) in [4.78, 5) is 0. The molecule has 28 heavy (non-hydrogen) atoms. The molecule has 0 radical (unpaired) electrons. The Morgan fingerprint density at radius 1 is 0.500 bits per heavy atom. The Labute approximate surface area is 175 Å². The first kappa shape index (κ1) is 32.8. The molecule has 0 saturated heterocycles. The van der Waals surface area contributed by atoms with Crippen molar-refractivity contribution in [2.45, 2.75) is 75.5 Å². The quantitative estimate of drug-likeness (QED) is 0.257. The molecule has 0 aromatic heterocycles. The molecule has 8 nitrogen and oxygen atoms in total. The molecule has 0 N–H and O–H groups in total. The zero-order chi connectivity index (χ0) is 21.2. The summed E-state index contributed by atoms with van der Waals surface area (Å²) in [7, 11) is -4.89. The van der Waals surface area contributed by atoms with E-state index in [1.165, 1.54) is 0 Å². The number of rotatable bonds is 16. The molecular weight excluding hydrogens is 400 g/mol. The Morgan fingerprint density at radius 2 is 0.786 bits per heavy atom. The number of hydrogen-bond donors (Lipinski definition) is 0. The van der Waals surface area contributed by atoms with Crippen molar-refractivity contribution in [3.8, 4) is 0 Å². The smallest absolute Gasteiger partial charge is 0.374 e. The van der Waals surface area contributed by atoms with Crippen molar-refractivity contribution < 1.29 is 36.0 Å². The van der Waals surface area contributed by atoms with Crippen LogP contribution in [0.1, 0.15) is 55.9 Å². The van der Waals surface area contributed by atoms with Gasteiger partial charge in [-0.05, 0) is 48.5 Å². The Bertz CT molecular complexity index is 295. The molecule has 0 rings (SSSR count). The monoisotopic (exact) mass is 446 g/mol. The highest BCUT2D eigenvalue weighted by Crippen LogP contribution is 2.14. The number of hydrogen-bond acceptors (Lipinski definition) is 8. The fourth-order valence-corrected chi connectivity index (χ4v) is 5.69. The van der Waals surface area contributed by atoms with E-state index in [9.17, 15) is 0 Å². The predicted octanol–water partition coefficient (Wildman–Crippen LogP) is 4.30. The van der Waals surface area contributed by atoms with Crippen LogP contribution in [0.2, 0.25) is 13.1 Å². The molecule has 0 fully saturated rings. The fraction of sp³-hybridized carbons (Fsp3) is 1.00. The van der Waals surface area contributed by atoms with Crippen molar-refractivity contribution in [3.05, 3.63) is 0 Å². The predicted molar refractivity (Wildman–Crippen MR) is 116 cm³/mol. The van der Waals surface area contributed by atoms with E-state index in [1.54, 1.807) is 0 Å². The molecule has 0 bridgehead atoms. The average molecular weight is 447 g/mol. The minimum Gasteiger partial charge on any atom is -0.374 e. The van der Waals surface area contributed by atoms with Gasteiger partial charge in [0.05, 0.1) is 0 Å². The lowest BCUT2D eigenvalue weighted by Gasteiger charge is -2.29. The largest absolute Gasteiger partial charge is 0.501 e. The van der Waals surface area contributed by atoms with E-state index in [1.807, 2.05) is 61.6 Å². The maximum absolute atomic E-state index is 5.65. The van der Waals surface area contributed by atoms with Crippen LogP contribution in [-0.4, -0.2) is 70.3 Å². The Balaban J connectivity index is -0.000000460. The summed E-state index contributed by atoms with van der Waals surface area (Å²) in [5.41, 5.74) is 0. The maximum Gasteiger partial charge on any atom is 0.501 e. The molecule has 0 heterocycles. The van der Waals surface area contributed by atoms with Crippen molar-refractivity contribution in [2.24, 2.45) is 0 Å². The molecule has 0 aromatic rings. The van der Waals surface area contributed by atoms with Crippen LogP contribution in [0.15, 0.2) is 0 Å². The highest BCUT2D eigenvalue weighted by molar-refractivity contribution is 6.59. The summed E-state index contributed by atoms with van der Waals surface area (Å²) in [5.74, 6) is 0. The zero-order valence-electron chi connectivity index (χ0n) is 18.8. The van der Waals surface area contributed by atoms with Crippen LogP contribution < -0.4 is 0 Å². The lowest BCUT2D eigenvalue weighted by atomic mass is 10.8. The van der Waals surface area contributed by atoms with Crippen molar-refractivity contribution in [3.63, 3.8) is 0 Å². The Kier molecular flexibility index (Phi) is 23.9. The van der Waals surface area contributed by atoms with E-state index in [0.29, 0.717) is 46.2 Å². The molecule has 0 amide bonds. The van der Waals surface area contributed by atoms with Gasteiger partial charge in [-0.25, -0.2) is 0 Å². The summed E-state index contributed by atoms with van der Waals surface area (Å²) < 4.78 is 43.5. The van der Waals surface area contributed by atoms with Crippen LogP contribution in [0.4, 0.5) is 0 Å². The van der Waals surface area contributed by atoms with Crippen LogP contribution >= 0.6 is 0 Å². The summed E-state index contributed by atoms with van der Waals surface area (Å²) in [6.45, 7) is 20.6. The van der Waals surface area contributed by atoms with Gasteiger partial charge in [-0.1, -0.05) is 7.43 Å². The van der Waals surface area contributed by atoms with Crippen molar-refractivity contribution in [1.29, 1.82) is 0 Å². The van der Waals surface area contributed by atoms with Crippen LogP contribution in [-0.2, 0) is 36.0 Å². The number of ether oxygens (including phenoxy) is 2. The molecule has 174 valence electrons. The second-order valence-corrected chi connectivity index (χ2v) is 10.3.